The van der Waals surface area contributed by atoms with Crippen molar-refractivity contribution in [3.63, 3.8) is 0 Å². The molecule has 6 nitrogen and oxygen atoms in total. The second-order valence-electron chi connectivity index (χ2n) is 5.49. The van der Waals surface area contributed by atoms with E-state index < -0.39 is 0 Å². The maximum absolute atomic E-state index is 11.6. The Bertz CT molecular complexity index is 270. The third kappa shape index (κ3) is 17.1. The maximum Gasteiger partial charge on any atom is 0.220 e. The molecule has 0 aliphatic heterocycles. The van der Waals surface area contributed by atoms with Crippen molar-refractivity contribution in [3.05, 3.63) is 0 Å². The molecule has 0 saturated heterocycles. The lowest BCUT2D eigenvalue weighted by atomic mass is 10.2. The van der Waals surface area contributed by atoms with Gasteiger partial charge in [-0.25, -0.2) is 0 Å². The van der Waals surface area contributed by atoms with Crippen LogP contribution in [0.4, 0.5) is 0 Å². The van der Waals surface area contributed by atoms with Gasteiger partial charge in [0.2, 0.25) is 11.8 Å². The quantitative estimate of drug-likeness (QED) is 0.425. The number of hydrogen-bond donors (Lipinski definition) is 2. The summed E-state index contributed by atoms with van der Waals surface area (Å²) >= 11 is 0. The SMILES string of the molecule is CCCOCCCNC(=O)CCCC(=O)NCCCOCCC. The predicted octanol–water partition coefficient (Wildman–Crippen LogP) is 2.02. The Morgan fingerprint density at radius 1 is 0.696 bits per heavy atom. The fraction of sp³-hybridized carbons (Fsp3) is 0.882. The van der Waals surface area contributed by atoms with Crippen LogP contribution in [-0.2, 0) is 19.1 Å². The van der Waals surface area contributed by atoms with Crippen LogP contribution < -0.4 is 10.6 Å². The van der Waals surface area contributed by atoms with Crippen molar-refractivity contribution in [3.8, 4) is 0 Å². The first-order valence-corrected chi connectivity index (χ1v) is 8.89. The number of hydrogen-bond acceptors (Lipinski definition) is 4. The minimum absolute atomic E-state index is 0.00116. The van der Waals surface area contributed by atoms with Crippen LogP contribution in [0.5, 0.6) is 0 Å². The fourth-order valence-electron chi connectivity index (χ4n) is 1.88. The molecule has 136 valence electrons. The van der Waals surface area contributed by atoms with Gasteiger partial charge in [0.05, 0.1) is 0 Å². The minimum Gasteiger partial charge on any atom is -0.381 e. The predicted molar refractivity (Wildman–Crippen MR) is 91.3 cm³/mol. The topological polar surface area (TPSA) is 76.7 Å². The molecule has 0 fully saturated rings. The van der Waals surface area contributed by atoms with E-state index in [1.807, 2.05) is 0 Å². The van der Waals surface area contributed by atoms with Gasteiger partial charge in [0.15, 0.2) is 0 Å². The highest BCUT2D eigenvalue weighted by Crippen LogP contribution is 1.96. The van der Waals surface area contributed by atoms with Crippen molar-refractivity contribution in [1.29, 1.82) is 0 Å². The second kappa shape index (κ2) is 17.2. The van der Waals surface area contributed by atoms with E-state index in [-0.39, 0.29) is 11.8 Å². The first-order valence-electron chi connectivity index (χ1n) is 8.89. The smallest absolute Gasteiger partial charge is 0.220 e. The molecule has 0 heterocycles. The van der Waals surface area contributed by atoms with E-state index >= 15 is 0 Å². The normalized spacial score (nSPS) is 10.5. The average Bonchev–Trinajstić information content (AvgIpc) is 2.54. The molecule has 0 aromatic heterocycles. The Hall–Kier alpha value is -1.14. The van der Waals surface area contributed by atoms with E-state index in [9.17, 15) is 9.59 Å². The monoisotopic (exact) mass is 330 g/mol. The third-order valence-corrected chi connectivity index (χ3v) is 3.08. The van der Waals surface area contributed by atoms with Crippen LogP contribution in [0.3, 0.4) is 0 Å². The lowest BCUT2D eigenvalue weighted by Crippen LogP contribution is -2.27. The largest absolute Gasteiger partial charge is 0.381 e. The van der Waals surface area contributed by atoms with Crippen molar-refractivity contribution in [2.45, 2.75) is 58.8 Å². The zero-order valence-electron chi connectivity index (χ0n) is 14.8. The average molecular weight is 330 g/mol. The number of ether oxygens (including phenoxy) is 2. The van der Waals surface area contributed by atoms with E-state index in [4.69, 9.17) is 9.47 Å². The van der Waals surface area contributed by atoms with Gasteiger partial charge in [0.25, 0.3) is 0 Å². The van der Waals surface area contributed by atoms with Crippen LogP contribution in [0.25, 0.3) is 0 Å². The summed E-state index contributed by atoms with van der Waals surface area (Å²) in [6.45, 7) is 8.30. The molecule has 0 aromatic carbocycles. The van der Waals surface area contributed by atoms with E-state index in [1.54, 1.807) is 0 Å². The van der Waals surface area contributed by atoms with Crippen molar-refractivity contribution in [2.75, 3.05) is 39.5 Å². The molecule has 0 aliphatic carbocycles. The number of nitrogens with one attached hydrogen (secondary N) is 2. The number of rotatable bonds is 16. The van der Waals surface area contributed by atoms with Gasteiger partial charge in [-0.1, -0.05) is 13.8 Å². The molecule has 2 N–H and O–H groups in total. The zero-order valence-corrected chi connectivity index (χ0v) is 14.8. The molecule has 0 atom stereocenters. The first kappa shape index (κ1) is 21.9. The summed E-state index contributed by atoms with van der Waals surface area (Å²) in [6, 6.07) is 0. The molecule has 6 heteroatoms. The van der Waals surface area contributed by atoms with E-state index in [1.165, 1.54) is 0 Å². The molecule has 0 aliphatic rings. The first-order chi connectivity index (χ1) is 11.2. The van der Waals surface area contributed by atoms with Crippen LogP contribution in [0.1, 0.15) is 58.8 Å². The lowest BCUT2D eigenvalue weighted by Gasteiger charge is -2.07. The molecule has 0 aromatic rings. The molecule has 0 radical (unpaired) electrons. The fourth-order valence-corrected chi connectivity index (χ4v) is 1.88. The Morgan fingerprint density at radius 3 is 1.52 bits per heavy atom. The van der Waals surface area contributed by atoms with Crippen molar-refractivity contribution in [2.24, 2.45) is 0 Å². The van der Waals surface area contributed by atoms with Gasteiger partial charge < -0.3 is 20.1 Å². The summed E-state index contributed by atoms with van der Waals surface area (Å²) in [5.41, 5.74) is 0. The van der Waals surface area contributed by atoms with Crippen molar-refractivity contribution >= 4 is 11.8 Å². The highest BCUT2D eigenvalue weighted by atomic mass is 16.5. The van der Waals surface area contributed by atoms with Gasteiger partial charge in [0.1, 0.15) is 0 Å². The Morgan fingerprint density at radius 2 is 1.13 bits per heavy atom. The maximum atomic E-state index is 11.6. The summed E-state index contributed by atoms with van der Waals surface area (Å²) in [5, 5.41) is 5.68. The molecule has 0 unspecified atom stereocenters. The molecule has 2 amide bonds. The molecule has 0 spiro atoms. The Kier molecular flexibility index (Phi) is 16.4. The van der Waals surface area contributed by atoms with Crippen molar-refractivity contribution < 1.29 is 19.1 Å². The van der Waals surface area contributed by atoms with Crippen LogP contribution in [0, 0.1) is 0 Å². The van der Waals surface area contributed by atoms with Crippen LogP contribution >= 0.6 is 0 Å². The van der Waals surface area contributed by atoms with E-state index in [0.29, 0.717) is 45.6 Å². The van der Waals surface area contributed by atoms with Gasteiger partial charge in [0, 0.05) is 52.4 Å². The van der Waals surface area contributed by atoms with Crippen LogP contribution in [0.2, 0.25) is 0 Å². The summed E-state index contributed by atoms with van der Waals surface area (Å²) in [6.07, 6.45) is 5.04. The highest BCUT2D eigenvalue weighted by Gasteiger charge is 2.04. The van der Waals surface area contributed by atoms with Gasteiger partial charge in [-0.3, -0.25) is 9.59 Å². The van der Waals surface area contributed by atoms with Gasteiger partial charge >= 0.3 is 0 Å². The molecule has 0 bridgehead atoms. The molecule has 0 rings (SSSR count). The molecule has 0 saturated carbocycles. The summed E-state index contributed by atoms with van der Waals surface area (Å²) in [4.78, 5) is 23.1. The summed E-state index contributed by atoms with van der Waals surface area (Å²) < 4.78 is 10.7. The second-order valence-corrected chi connectivity index (χ2v) is 5.49. The van der Waals surface area contributed by atoms with Gasteiger partial charge in [-0.15, -0.1) is 0 Å². The minimum atomic E-state index is 0.00116. The zero-order chi connectivity index (χ0) is 17.2. The van der Waals surface area contributed by atoms with Crippen molar-refractivity contribution in [1.82, 2.24) is 10.6 Å². The van der Waals surface area contributed by atoms with Crippen LogP contribution in [0.15, 0.2) is 0 Å². The number of carbonyl (C=O) groups excluding carboxylic acids is 2. The lowest BCUT2D eigenvalue weighted by molar-refractivity contribution is -0.122. The van der Waals surface area contributed by atoms with E-state index in [2.05, 4.69) is 24.5 Å². The Balaban J connectivity index is 3.33. The number of carbonyl (C=O) groups is 2. The van der Waals surface area contributed by atoms with Gasteiger partial charge in [-0.05, 0) is 32.1 Å². The standard InChI is InChI=1S/C17H34N2O4/c1-3-12-22-14-6-10-18-16(20)8-5-9-17(21)19-11-7-15-23-13-4-2/h3-15H2,1-2H3,(H,18,20)(H,19,21). The molecule has 23 heavy (non-hydrogen) atoms. The third-order valence-electron chi connectivity index (χ3n) is 3.08. The van der Waals surface area contributed by atoms with Crippen LogP contribution in [-0.4, -0.2) is 51.3 Å². The molecular weight excluding hydrogens is 296 g/mol. The highest BCUT2D eigenvalue weighted by molar-refractivity contribution is 5.78. The number of amides is 2. The summed E-state index contributed by atoms with van der Waals surface area (Å²) in [7, 11) is 0. The summed E-state index contributed by atoms with van der Waals surface area (Å²) in [5.74, 6) is 0.00233. The van der Waals surface area contributed by atoms with Gasteiger partial charge in [-0.2, -0.15) is 0 Å². The van der Waals surface area contributed by atoms with E-state index in [0.717, 1.165) is 38.9 Å². The Labute approximate surface area is 140 Å². The molecular formula is C17H34N2O4.